The molecule has 0 aliphatic heterocycles. The first kappa shape index (κ1) is 14.1. The van der Waals surface area contributed by atoms with Gasteiger partial charge in [0.15, 0.2) is 11.6 Å². The van der Waals surface area contributed by atoms with Crippen LogP contribution < -0.4 is 5.32 Å². The molecule has 6 heteroatoms. The third-order valence-corrected chi connectivity index (χ3v) is 4.41. The third kappa shape index (κ3) is 3.84. The van der Waals surface area contributed by atoms with Crippen LogP contribution >= 0.6 is 27.3 Å². The summed E-state index contributed by atoms with van der Waals surface area (Å²) in [6.07, 6.45) is 0.0280. The van der Waals surface area contributed by atoms with Gasteiger partial charge in [-0.1, -0.05) is 6.07 Å². The molecule has 1 N–H and O–H groups in total. The number of thiophene rings is 1. The molecule has 19 heavy (non-hydrogen) atoms. The zero-order valence-corrected chi connectivity index (χ0v) is 12.2. The summed E-state index contributed by atoms with van der Waals surface area (Å²) in [4.78, 5) is 12.7. The van der Waals surface area contributed by atoms with E-state index in [0.29, 0.717) is 12.1 Å². The zero-order valence-electron chi connectivity index (χ0n) is 9.75. The first-order chi connectivity index (χ1) is 9.06. The maximum absolute atomic E-state index is 13.0. The summed E-state index contributed by atoms with van der Waals surface area (Å²) in [5.41, 5.74) is 0.446. The van der Waals surface area contributed by atoms with Gasteiger partial charge in [-0.15, -0.1) is 11.3 Å². The van der Waals surface area contributed by atoms with Crippen LogP contribution in [0.25, 0.3) is 0 Å². The first-order valence-electron chi connectivity index (χ1n) is 5.49. The Labute approximate surface area is 121 Å². The molecule has 0 saturated carbocycles. The standard InChI is InChI=1S/C13H10BrF2NOS/c14-9-3-4-19-12(9)7-17-13(18)6-8-1-2-10(15)11(16)5-8/h1-5H,6-7H2,(H,17,18). The van der Waals surface area contributed by atoms with Crippen molar-refractivity contribution in [1.82, 2.24) is 5.32 Å². The Morgan fingerprint density at radius 1 is 1.26 bits per heavy atom. The van der Waals surface area contributed by atoms with Crippen molar-refractivity contribution in [3.05, 3.63) is 56.2 Å². The minimum Gasteiger partial charge on any atom is -0.351 e. The molecular weight excluding hydrogens is 336 g/mol. The normalized spacial score (nSPS) is 10.5. The number of hydrogen-bond acceptors (Lipinski definition) is 2. The summed E-state index contributed by atoms with van der Waals surface area (Å²) in [5, 5.41) is 4.65. The highest BCUT2D eigenvalue weighted by Gasteiger charge is 2.08. The zero-order chi connectivity index (χ0) is 13.8. The van der Waals surface area contributed by atoms with Crippen molar-refractivity contribution in [3.63, 3.8) is 0 Å². The molecule has 0 fully saturated rings. The van der Waals surface area contributed by atoms with Crippen molar-refractivity contribution in [2.24, 2.45) is 0 Å². The molecule has 1 amide bonds. The van der Waals surface area contributed by atoms with Crippen molar-refractivity contribution < 1.29 is 13.6 Å². The SMILES string of the molecule is O=C(Cc1ccc(F)c(F)c1)NCc1sccc1Br. The predicted molar refractivity (Wildman–Crippen MR) is 73.9 cm³/mol. The van der Waals surface area contributed by atoms with E-state index in [0.717, 1.165) is 21.5 Å². The molecule has 0 aliphatic rings. The van der Waals surface area contributed by atoms with E-state index < -0.39 is 11.6 Å². The number of hydrogen-bond donors (Lipinski definition) is 1. The molecule has 0 saturated heterocycles. The molecule has 100 valence electrons. The molecule has 0 atom stereocenters. The van der Waals surface area contributed by atoms with Crippen LogP contribution in [0.4, 0.5) is 8.78 Å². The van der Waals surface area contributed by atoms with E-state index in [2.05, 4.69) is 21.2 Å². The number of benzene rings is 1. The molecule has 0 unspecified atom stereocenters. The Hall–Kier alpha value is -1.27. The van der Waals surface area contributed by atoms with Crippen LogP contribution in [0.15, 0.2) is 34.1 Å². The fourth-order valence-corrected chi connectivity index (χ4v) is 2.96. The van der Waals surface area contributed by atoms with Gasteiger partial charge in [0.2, 0.25) is 5.91 Å². The third-order valence-electron chi connectivity index (χ3n) is 2.49. The highest BCUT2D eigenvalue weighted by Crippen LogP contribution is 2.22. The fraction of sp³-hybridized carbons (Fsp3) is 0.154. The second kappa shape index (κ2) is 6.25. The lowest BCUT2D eigenvalue weighted by molar-refractivity contribution is -0.120. The Morgan fingerprint density at radius 2 is 2.05 bits per heavy atom. The average molecular weight is 346 g/mol. The molecule has 0 bridgehead atoms. The van der Waals surface area contributed by atoms with Crippen LogP contribution in [0.2, 0.25) is 0 Å². The number of carbonyl (C=O) groups excluding carboxylic acids is 1. The van der Waals surface area contributed by atoms with E-state index in [9.17, 15) is 13.6 Å². The van der Waals surface area contributed by atoms with E-state index >= 15 is 0 Å². The Bertz CT molecular complexity index is 600. The molecule has 0 spiro atoms. The lowest BCUT2D eigenvalue weighted by Gasteiger charge is -2.05. The van der Waals surface area contributed by atoms with Gasteiger partial charge in [-0.2, -0.15) is 0 Å². The summed E-state index contributed by atoms with van der Waals surface area (Å²) < 4.78 is 26.7. The Balaban J connectivity index is 1.91. The topological polar surface area (TPSA) is 29.1 Å². The second-order valence-electron chi connectivity index (χ2n) is 3.89. The fourth-order valence-electron chi connectivity index (χ4n) is 1.53. The minimum atomic E-state index is -0.939. The van der Waals surface area contributed by atoms with Gasteiger partial charge in [-0.05, 0) is 45.1 Å². The van der Waals surface area contributed by atoms with Crippen molar-refractivity contribution in [2.45, 2.75) is 13.0 Å². The molecule has 1 aromatic carbocycles. The summed E-state index contributed by atoms with van der Waals surface area (Å²) in [5.74, 6) is -2.08. The maximum atomic E-state index is 13.0. The highest BCUT2D eigenvalue weighted by molar-refractivity contribution is 9.10. The molecule has 0 aliphatic carbocycles. The summed E-state index contributed by atoms with van der Waals surface area (Å²) in [6.45, 7) is 0.417. The Morgan fingerprint density at radius 3 is 2.68 bits per heavy atom. The van der Waals surface area contributed by atoms with Crippen LogP contribution in [0.5, 0.6) is 0 Å². The van der Waals surface area contributed by atoms with Gasteiger partial charge in [0.1, 0.15) is 0 Å². The van der Waals surface area contributed by atoms with Gasteiger partial charge in [-0.25, -0.2) is 8.78 Å². The Kier molecular flexibility index (Phi) is 4.66. The molecular formula is C13H10BrF2NOS. The largest absolute Gasteiger partial charge is 0.351 e. The first-order valence-corrected chi connectivity index (χ1v) is 7.16. The lowest BCUT2D eigenvalue weighted by Crippen LogP contribution is -2.24. The summed E-state index contributed by atoms with van der Waals surface area (Å²) in [7, 11) is 0. The maximum Gasteiger partial charge on any atom is 0.224 e. The van der Waals surface area contributed by atoms with E-state index in [-0.39, 0.29) is 12.3 Å². The monoisotopic (exact) mass is 345 g/mol. The molecule has 0 radical (unpaired) electrons. The van der Waals surface area contributed by atoms with Crippen molar-refractivity contribution in [3.8, 4) is 0 Å². The number of rotatable bonds is 4. The minimum absolute atomic E-state index is 0.0280. The van der Waals surface area contributed by atoms with Crippen LogP contribution in [-0.2, 0) is 17.8 Å². The predicted octanol–water partition coefficient (Wildman–Crippen LogP) is 3.65. The van der Waals surface area contributed by atoms with E-state index in [1.165, 1.54) is 17.4 Å². The number of nitrogens with one attached hydrogen (secondary N) is 1. The van der Waals surface area contributed by atoms with Gasteiger partial charge in [-0.3, -0.25) is 4.79 Å². The quantitative estimate of drug-likeness (QED) is 0.900. The van der Waals surface area contributed by atoms with Crippen molar-refractivity contribution >= 4 is 33.2 Å². The van der Waals surface area contributed by atoms with Crippen LogP contribution in [0.1, 0.15) is 10.4 Å². The highest BCUT2D eigenvalue weighted by atomic mass is 79.9. The molecule has 2 aromatic rings. The van der Waals surface area contributed by atoms with E-state index in [1.54, 1.807) is 0 Å². The lowest BCUT2D eigenvalue weighted by atomic mass is 10.1. The summed E-state index contributed by atoms with van der Waals surface area (Å²) >= 11 is 4.90. The van der Waals surface area contributed by atoms with Crippen molar-refractivity contribution in [2.75, 3.05) is 0 Å². The molecule has 1 aromatic heterocycles. The van der Waals surface area contributed by atoms with Gasteiger partial charge >= 0.3 is 0 Å². The van der Waals surface area contributed by atoms with Crippen molar-refractivity contribution in [1.29, 1.82) is 0 Å². The van der Waals surface area contributed by atoms with E-state index in [1.807, 2.05) is 11.4 Å². The number of carbonyl (C=O) groups is 1. The van der Waals surface area contributed by atoms with Crippen LogP contribution in [0.3, 0.4) is 0 Å². The van der Waals surface area contributed by atoms with Crippen LogP contribution in [0, 0.1) is 11.6 Å². The van der Waals surface area contributed by atoms with Gasteiger partial charge in [0, 0.05) is 9.35 Å². The van der Waals surface area contributed by atoms with Gasteiger partial charge in [0.05, 0.1) is 13.0 Å². The number of amides is 1. The molecule has 2 nitrogen and oxygen atoms in total. The smallest absolute Gasteiger partial charge is 0.224 e. The van der Waals surface area contributed by atoms with E-state index in [4.69, 9.17) is 0 Å². The molecule has 2 rings (SSSR count). The average Bonchev–Trinajstić information content (AvgIpc) is 2.77. The second-order valence-corrected chi connectivity index (χ2v) is 5.75. The summed E-state index contributed by atoms with van der Waals surface area (Å²) in [6, 6.07) is 5.37. The molecule has 1 heterocycles. The van der Waals surface area contributed by atoms with Gasteiger partial charge in [0.25, 0.3) is 0 Å². The number of halogens is 3. The van der Waals surface area contributed by atoms with Crippen LogP contribution in [-0.4, -0.2) is 5.91 Å². The van der Waals surface area contributed by atoms with Gasteiger partial charge < -0.3 is 5.32 Å².